The number of nitrogens with two attached hydrogens (primary N) is 3. The van der Waals surface area contributed by atoms with E-state index in [0.29, 0.717) is 47.9 Å². The molecule has 13 N–H and O–H groups in total. The van der Waals surface area contributed by atoms with Crippen LogP contribution in [-0.2, 0) is 19.2 Å². The van der Waals surface area contributed by atoms with Crippen molar-refractivity contribution in [3.8, 4) is 5.75 Å². The van der Waals surface area contributed by atoms with Crippen LogP contribution in [0.2, 0.25) is 0 Å². The van der Waals surface area contributed by atoms with Crippen LogP contribution < -0.4 is 59.5 Å². The Bertz CT molecular complexity index is 1860. The van der Waals surface area contributed by atoms with Gasteiger partial charge in [-0.25, -0.2) is 15.8 Å². The van der Waals surface area contributed by atoms with Crippen LogP contribution in [0.1, 0.15) is 53.8 Å². The van der Waals surface area contributed by atoms with Crippen molar-refractivity contribution in [2.24, 2.45) is 27.4 Å². The number of hydrazone groups is 1. The number of aromatic nitrogens is 1. The first-order valence-corrected chi connectivity index (χ1v) is 16.9. The molecule has 0 saturated heterocycles. The normalized spacial score (nSPS) is 11.2. The largest absolute Gasteiger partial charge is 0.484 e. The first-order chi connectivity index (χ1) is 26.3. The summed E-state index contributed by atoms with van der Waals surface area (Å²) in [5, 5.41) is 16.8. The number of carbonyl (C=O) groups is 6. The summed E-state index contributed by atoms with van der Waals surface area (Å²) in [5.74, 6) is 2.70. The molecule has 0 bridgehead atoms. The number of ether oxygens (including phenoxy) is 1. The van der Waals surface area contributed by atoms with E-state index < -0.39 is 42.2 Å². The molecule has 1 unspecified atom stereocenters. The van der Waals surface area contributed by atoms with Crippen LogP contribution >= 0.6 is 0 Å². The van der Waals surface area contributed by atoms with E-state index in [1.807, 2.05) is 13.8 Å². The zero-order valence-corrected chi connectivity index (χ0v) is 30.3. The summed E-state index contributed by atoms with van der Waals surface area (Å²) in [4.78, 5) is 81.8. The third-order valence-corrected chi connectivity index (χ3v) is 7.17. The van der Waals surface area contributed by atoms with E-state index in [-0.39, 0.29) is 36.9 Å². The Hall–Kier alpha value is -7.09. The van der Waals surface area contributed by atoms with Gasteiger partial charge in [-0.15, -0.1) is 0 Å². The average Bonchev–Trinajstić information content (AvgIpc) is 3.17. The van der Waals surface area contributed by atoms with E-state index >= 15 is 0 Å². The van der Waals surface area contributed by atoms with Gasteiger partial charge in [-0.05, 0) is 87.7 Å². The van der Waals surface area contributed by atoms with Crippen molar-refractivity contribution in [2.75, 3.05) is 37.0 Å². The molecule has 20 nitrogen and oxygen atoms in total. The molecule has 3 aromatic rings. The summed E-state index contributed by atoms with van der Waals surface area (Å²) in [6.07, 6.45) is 2.72. The molecule has 20 heteroatoms. The Morgan fingerprint density at radius 2 is 1.55 bits per heavy atom. The topological polar surface area (TPSA) is 312 Å². The third kappa shape index (κ3) is 16.0. The molecule has 1 atom stereocenters. The summed E-state index contributed by atoms with van der Waals surface area (Å²) in [6, 6.07) is 14.6. The van der Waals surface area contributed by atoms with E-state index in [9.17, 15) is 28.8 Å². The molecule has 0 saturated carbocycles. The summed E-state index contributed by atoms with van der Waals surface area (Å²) in [5.41, 5.74) is 18.1. The van der Waals surface area contributed by atoms with Crippen molar-refractivity contribution in [2.45, 2.75) is 39.2 Å². The molecule has 3 rings (SSSR count). The molecular weight excluding hydrogens is 714 g/mol. The van der Waals surface area contributed by atoms with Gasteiger partial charge in [0.25, 0.3) is 17.7 Å². The van der Waals surface area contributed by atoms with E-state index in [4.69, 9.17) is 22.0 Å². The number of hydrogen-bond donors (Lipinski definition) is 10. The quantitative estimate of drug-likeness (QED) is 0.0234. The number of amides is 6. The lowest BCUT2D eigenvalue weighted by molar-refractivity contribution is -0.128. The van der Waals surface area contributed by atoms with Gasteiger partial charge in [0.05, 0.1) is 24.3 Å². The summed E-state index contributed by atoms with van der Waals surface area (Å²) in [6.45, 7) is 2.86. The van der Waals surface area contributed by atoms with E-state index in [0.717, 1.165) is 5.71 Å². The highest BCUT2D eigenvalue weighted by atomic mass is 16.5. The zero-order chi connectivity index (χ0) is 40.2. The van der Waals surface area contributed by atoms with Crippen LogP contribution in [0.4, 0.5) is 17.2 Å². The number of hydrazine groups is 1. The molecule has 0 aliphatic heterocycles. The minimum Gasteiger partial charge on any atom is -0.484 e. The van der Waals surface area contributed by atoms with Gasteiger partial charge in [0.15, 0.2) is 6.61 Å². The van der Waals surface area contributed by atoms with Crippen molar-refractivity contribution >= 4 is 64.3 Å². The monoisotopic (exact) mass is 759 g/mol. The number of anilines is 2. The molecule has 6 amide bonds. The molecule has 2 aromatic carbocycles. The number of benzene rings is 2. The van der Waals surface area contributed by atoms with Crippen LogP contribution in [0.3, 0.4) is 0 Å². The number of carbonyl (C=O) groups excluding carboxylic acids is 6. The van der Waals surface area contributed by atoms with Gasteiger partial charge in [-0.2, -0.15) is 5.10 Å². The average molecular weight is 760 g/mol. The highest BCUT2D eigenvalue weighted by Crippen LogP contribution is 2.16. The SMILES string of the molecule is CC(C)=NNc1ccc(C(=O)NCCCCC(NC(=O)COc2ccc(NC(=O)CNC(=O)CNC(=O)c3cccc(N=C(N)NN)c3)cc2)C(N)=O)cn1. The number of aliphatic imine (C=N–C) groups is 1. The Morgan fingerprint density at radius 1 is 0.818 bits per heavy atom. The van der Waals surface area contributed by atoms with E-state index in [1.165, 1.54) is 42.6 Å². The Morgan fingerprint density at radius 3 is 2.22 bits per heavy atom. The minimum absolute atomic E-state index is 0.0505. The predicted octanol–water partition coefficient (Wildman–Crippen LogP) is -0.267. The summed E-state index contributed by atoms with van der Waals surface area (Å²) >= 11 is 0. The molecule has 0 aliphatic rings. The second kappa shape index (κ2) is 22.1. The fraction of sp³-hybridized carbons (Fsp3) is 0.286. The van der Waals surface area contributed by atoms with E-state index in [1.54, 1.807) is 24.3 Å². The minimum atomic E-state index is -0.933. The van der Waals surface area contributed by atoms with E-state index in [2.05, 4.69) is 52.5 Å². The molecule has 55 heavy (non-hydrogen) atoms. The fourth-order valence-electron chi connectivity index (χ4n) is 4.44. The first kappa shape index (κ1) is 42.3. The summed E-state index contributed by atoms with van der Waals surface area (Å²) < 4.78 is 5.49. The van der Waals surface area contributed by atoms with Gasteiger partial charge in [0.2, 0.25) is 23.7 Å². The van der Waals surface area contributed by atoms with Crippen LogP contribution in [0, 0.1) is 0 Å². The Labute approximate surface area is 316 Å². The van der Waals surface area contributed by atoms with Gasteiger partial charge in [0.1, 0.15) is 17.6 Å². The van der Waals surface area contributed by atoms with Crippen molar-refractivity contribution in [1.82, 2.24) is 31.7 Å². The number of guanidine groups is 1. The molecule has 292 valence electrons. The highest BCUT2D eigenvalue weighted by molar-refractivity contribution is 5.99. The number of nitrogens with one attached hydrogen (secondary N) is 7. The van der Waals surface area contributed by atoms with Crippen LogP contribution in [-0.4, -0.2) is 84.4 Å². The number of primary amides is 1. The Balaban J connectivity index is 1.31. The molecule has 1 heterocycles. The molecule has 0 spiro atoms. The molecule has 0 radical (unpaired) electrons. The second-order valence-corrected chi connectivity index (χ2v) is 11.9. The van der Waals surface area contributed by atoms with Gasteiger partial charge >= 0.3 is 0 Å². The lowest BCUT2D eigenvalue weighted by atomic mass is 10.1. The van der Waals surface area contributed by atoms with Crippen LogP contribution in [0.25, 0.3) is 0 Å². The third-order valence-electron chi connectivity index (χ3n) is 7.17. The lowest BCUT2D eigenvalue weighted by Crippen LogP contribution is -2.46. The number of pyridine rings is 1. The van der Waals surface area contributed by atoms with Crippen LogP contribution in [0.15, 0.2) is 77.0 Å². The molecule has 0 fully saturated rings. The van der Waals surface area contributed by atoms with Gasteiger partial charge in [0, 0.05) is 29.7 Å². The molecular formula is C35H45N13O7. The Kier molecular flexibility index (Phi) is 17.0. The maximum absolute atomic E-state index is 12.5. The number of unbranched alkanes of at least 4 members (excludes halogenated alkanes) is 1. The molecule has 1 aromatic heterocycles. The number of hydrogen-bond acceptors (Lipinski definition) is 12. The maximum atomic E-state index is 12.5. The van der Waals surface area contributed by atoms with Crippen molar-refractivity contribution in [3.05, 3.63) is 78.0 Å². The number of nitrogens with zero attached hydrogens (tertiary/aromatic N) is 3. The second-order valence-electron chi connectivity index (χ2n) is 11.9. The van der Waals surface area contributed by atoms with Gasteiger partial charge in [-0.1, -0.05) is 6.07 Å². The lowest BCUT2D eigenvalue weighted by Gasteiger charge is -2.16. The predicted molar refractivity (Wildman–Crippen MR) is 205 cm³/mol. The van der Waals surface area contributed by atoms with Crippen molar-refractivity contribution in [1.29, 1.82) is 0 Å². The summed E-state index contributed by atoms with van der Waals surface area (Å²) in [7, 11) is 0. The molecule has 0 aliphatic carbocycles. The smallest absolute Gasteiger partial charge is 0.258 e. The first-order valence-electron chi connectivity index (χ1n) is 16.9. The fourth-order valence-corrected chi connectivity index (χ4v) is 4.44. The van der Waals surface area contributed by atoms with Gasteiger partial charge < -0.3 is 42.8 Å². The standard InChI is InChI=1S/C35H45N13O7/c1-21(2)47-48-28-14-9-23(17-40-28)34(54)39-15-4-3-8-27(32(36)52)45-31(51)20-55-26-12-10-24(11-13-26)43-30(50)19-41-29(49)18-42-33(53)22-6-5-7-25(16-22)44-35(37)46-38/h5-7,9-14,16-17,27H,3-4,8,15,18-20,38H2,1-2H3,(H2,36,52)(H,39,54)(H,40,48)(H,41,49)(H,42,53)(H,43,50)(H,45,51)(H3,37,44,46). The maximum Gasteiger partial charge on any atom is 0.258 e. The van der Waals surface area contributed by atoms with Crippen LogP contribution in [0.5, 0.6) is 5.75 Å². The van der Waals surface area contributed by atoms with Crippen molar-refractivity contribution < 1.29 is 33.5 Å². The van der Waals surface area contributed by atoms with Crippen molar-refractivity contribution in [3.63, 3.8) is 0 Å². The number of rotatable bonds is 20. The zero-order valence-electron chi connectivity index (χ0n) is 30.3. The van der Waals surface area contributed by atoms with Gasteiger partial charge in [-0.3, -0.25) is 39.6 Å². The highest BCUT2D eigenvalue weighted by Gasteiger charge is 2.18.